The second-order valence-corrected chi connectivity index (χ2v) is 7.26. The van der Waals surface area contributed by atoms with Gasteiger partial charge in [0.2, 0.25) is 0 Å². The van der Waals surface area contributed by atoms with Crippen LogP contribution in [0.25, 0.3) is 0 Å². The molecule has 0 heterocycles. The number of methoxy groups -OCH3 is 1. The van der Waals surface area contributed by atoms with Crippen molar-refractivity contribution < 1.29 is 19.4 Å². The number of carbonyl (C=O) groups is 2. The number of nitrogens with zero attached hydrogens (tertiary/aromatic N) is 1. The maximum Gasteiger partial charge on any atom is 0.337 e. The van der Waals surface area contributed by atoms with Crippen molar-refractivity contribution in [3.8, 4) is 6.07 Å². The number of halogens is 1. The van der Waals surface area contributed by atoms with Crippen LogP contribution in [0.15, 0.2) is 72.8 Å². The second-order valence-electron chi connectivity index (χ2n) is 6.85. The number of hydrogen-bond acceptors (Lipinski definition) is 5. The minimum Gasteiger partial charge on any atom is -0.465 e. The van der Waals surface area contributed by atoms with E-state index in [1.807, 2.05) is 6.07 Å². The number of esters is 1. The maximum atomic E-state index is 13.2. The van der Waals surface area contributed by atoms with Crippen LogP contribution in [0.2, 0.25) is 5.02 Å². The highest BCUT2D eigenvalue weighted by Crippen LogP contribution is 2.29. The monoisotopic (exact) mass is 434 g/mol. The van der Waals surface area contributed by atoms with Crippen molar-refractivity contribution in [2.24, 2.45) is 0 Å². The average Bonchev–Trinajstić information content (AvgIpc) is 2.79. The minimum atomic E-state index is -1.89. The third-order valence-electron chi connectivity index (χ3n) is 4.81. The third-order valence-corrected chi connectivity index (χ3v) is 5.12. The molecule has 156 valence electrons. The van der Waals surface area contributed by atoms with Crippen LogP contribution in [-0.2, 0) is 21.6 Å². The molecular formula is C24H19ClN2O4. The molecule has 0 spiro atoms. The molecule has 2 N–H and O–H groups in total. The standard InChI is InChI=1S/C24H19ClN2O4/c1-31-22(28)17-9-7-16(8-10-17)14-24(30,19-5-3-2-4-6-19)23(29)27-20-12-11-18(15-26)21(25)13-20/h2-13,30H,14H2,1H3,(H,27,29). The van der Waals surface area contributed by atoms with Gasteiger partial charge in [0.05, 0.1) is 23.3 Å². The van der Waals surface area contributed by atoms with Gasteiger partial charge in [-0.05, 0) is 41.5 Å². The van der Waals surface area contributed by atoms with Gasteiger partial charge in [0.25, 0.3) is 5.91 Å². The predicted molar refractivity (Wildman–Crippen MR) is 117 cm³/mol. The summed E-state index contributed by atoms with van der Waals surface area (Å²) in [5, 5.41) is 23.4. The predicted octanol–water partition coefficient (Wildman–Crippen LogP) is 4.07. The smallest absolute Gasteiger partial charge is 0.337 e. The lowest BCUT2D eigenvalue weighted by Crippen LogP contribution is -2.42. The van der Waals surface area contributed by atoms with Crippen molar-refractivity contribution in [3.63, 3.8) is 0 Å². The summed E-state index contributed by atoms with van der Waals surface area (Å²) in [6.07, 6.45) is -0.0334. The van der Waals surface area contributed by atoms with E-state index < -0.39 is 17.5 Å². The molecule has 0 saturated heterocycles. The number of hydrogen-bond donors (Lipinski definition) is 2. The number of ether oxygens (including phenoxy) is 1. The van der Waals surface area contributed by atoms with Crippen molar-refractivity contribution in [1.29, 1.82) is 5.26 Å². The zero-order chi connectivity index (χ0) is 22.4. The molecule has 7 heteroatoms. The number of rotatable bonds is 6. The molecule has 1 atom stereocenters. The topological polar surface area (TPSA) is 99.4 Å². The fraction of sp³-hybridized carbons (Fsp3) is 0.125. The van der Waals surface area contributed by atoms with E-state index in [2.05, 4.69) is 5.32 Å². The van der Waals surface area contributed by atoms with Crippen LogP contribution in [0.3, 0.4) is 0 Å². The molecule has 0 fully saturated rings. The van der Waals surface area contributed by atoms with E-state index >= 15 is 0 Å². The van der Waals surface area contributed by atoms with Crippen molar-refractivity contribution in [3.05, 3.63) is 100 Å². The molecular weight excluding hydrogens is 416 g/mol. The summed E-state index contributed by atoms with van der Waals surface area (Å²) in [6.45, 7) is 0. The van der Waals surface area contributed by atoms with E-state index in [0.29, 0.717) is 22.4 Å². The van der Waals surface area contributed by atoms with E-state index in [4.69, 9.17) is 21.6 Å². The normalized spacial score (nSPS) is 12.3. The fourth-order valence-electron chi connectivity index (χ4n) is 3.12. The van der Waals surface area contributed by atoms with Crippen LogP contribution in [0.5, 0.6) is 0 Å². The van der Waals surface area contributed by atoms with E-state index in [0.717, 1.165) is 0 Å². The van der Waals surface area contributed by atoms with E-state index in [1.165, 1.54) is 19.2 Å². The second kappa shape index (κ2) is 9.43. The third kappa shape index (κ3) is 4.92. The van der Waals surface area contributed by atoms with Crippen molar-refractivity contribution in [2.75, 3.05) is 12.4 Å². The van der Waals surface area contributed by atoms with Gasteiger partial charge in [-0.25, -0.2) is 4.79 Å². The number of nitrogens with one attached hydrogen (secondary N) is 1. The molecule has 0 bridgehead atoms. The molecule has 1 unspecified atom stereocenters. The van der Waals surface area contributed by atoms with Gasteiger partial charge >= 0.3 is 5.97 Å². The number of carbonyl (C=O) groups excluding carboxylic acids is 2. The quantitative estimate of drug-likeness (QED) is 0.570. The average molecular weight is 435 g/mol. The van der Waals surface area contributed by atoms with Crippen LogP contribution in [-0.4, -0.2) is 24.1 Å². The summed E-state index contributed by atoms with van der Waals surface area (Å²) in [5.74, 6) is -1.13. The SMILES string of the molecule is COC(=O)c1ccc(CC(O)(C(=O)Nc2ccc(C#N)c(Cl)c2)c2ccccc2)cc1. The molecule has 0 aliphatic carbocycles. The molecule has 31 heavy (non-hydrogen) atoms. The van der Waals surface area contributed by atoms with Gasteiger partial charge in [0.15, 0.2) is 5.60 Å². The first kappa shape index (κ1) is 22.0. The Hall–Kier alpha value is -3.66. The summed E-state index contributed by atoms with van der Waals surface area (Å²) in [4.78, 5) is 24.8. The Morgan fingerprint density at radius 1 is 1.10 bits per heavy atom. The molecule has 0 saturated carbocycles. The van der Waals surface area contributed by atoms with Gasteiger partial charge < -0.3 is 15.2 Å². The first-order valence-corrected chi connectivity index (χ1v) is 9.71. The lowest BCUT2D eigenvalue weighted by molar-refractivity contribution is -0.135. The van der Waals surface area contributed by atoms with Gasteiger partial charge in [-0.3, -0.25) is 4.79 Å². The summed E-state index contributed by atoms with van der Waals surface area (Å²) >= 11 is 6.05. The van der Waals surface area contributed by atoms with Crippen molar-refractivity contribution >= 4 is 29.2 Å². The van der Waals surface area contributed by atoms with Crippen LogP contribution < -0.4 is 5.32 Å². The summed E-state index contributed by atoms with van der Waals surface area (Å²) < 4.78 is 4.69. The lowest BCUT2D eigenvalue weighted by atomic mass is 9.86. The molecule has 3 rings (SSSR count). The molecule has 0 radical (unpaired) electrons. The van der Waals surface area contributed by atoms with Crippen molar-refractivity contribution in [1.82, 2.24) is 0 Å². The van der Waals surface area contributed by atoms with Gasteiger partial charge in [0, 0.05) is 12.1 Å². The zero-order valence-electron chi connectivity index (χ0n) is 16.6. The summed E-state index contributed by atoms with van der Waals surface area (Å²) in [5.41, 5.74) is 0.157. The summed E-state index contributed by atoms with van der Waals surface area (Å²) in [6, 6.07) is 21.5. The van der Waals surface area contributed by atoms with Gasteiger partial charge in [0.1, 0.15) is 6.07 Å². The Bertz CT molecular complexity index is 1140. The Morgan fingerprint density at radius 2 is 1.77 bits per heavy atom. The highest BCUT2D eigenvalue weighted by Gasteiger charge is 2.38. The number of anilines is 1. The van der Waals surface area contributed by atoms with Gasteiger partial charge in [-0.1, -0.05) is 54.1 Å². The van der Waals surface area contributed by atoms with Gasteiger partial charge in [-0.15, -0.1) is 0 Å². The largest absolute Gasteiger partial charge is 0.465 e. The summed E-state index contributed by atoms with van der Waals surface area (Å²) in [7, 11) is 1.30. The first-order valence-electron chi connectivity index (χ1n) is 9.33. The molecule has 0 aliphatic heterocycles. The van der Waals surface area contributed by atoms with Crippen LogP contribution >= 0.6 is 11.6 Å². The fourth-order valence-corrected chi connectivity index (χ4v) is 3.34. The van der Waals surface area contributed by atoms with Crippen molar-refractivity contribution in [2.45, 2.75) is 12.0 Å². The van der Waals surface area contributed by atoms with E-state index in [1.54, 1.807) is 60.7 Å². The van der Waals surface area contributed by atoms with Crippen LogP contribution in [0, 0.1) is 11.3 Å². The molecule has 3 aromatic rings. The van der Waals surface area contributed by atoms with Gasteiger partial charge in [-0.2, -0.15) is 5.26 Å². The highest BCUT2D eigenvalue weighted by atomic mass is 35.5. The number of amides is 1. The Labute approximate surface area is 184 Å². The molecule has 3 aromatic carbocycles. The molecule has 1 amide bonds. The molecule has 6 nitrogen and oxygen atoms in total. The number of nitriles is 1. The van der Waals surface area contributed by atoms with Crippen LogP contribution in [0.1, 0.15) is 27.0 Å². The Balaban J connectivity index is 1.92. The Morgan fingerprint density at radius 3 is 2.35 bits per heavy atom. The van der Waals surface area contributed by atoms with E-state index in [-0.39, 0.29) is 17.0 Å². The number of aliphatic hydroxyl groups is 1. The van der Waals surface area contributed by atoms with Crippen LogP contribution in [0.4, 0.5) is 5.69 Å². The molecule has 0 aromatic heterocycles. The molecule has 0 aliphatic rings. The first-order chi connectivity index (χ1) is 14.9. The lowest BCUT2D eigenvalue weighted by Gasteiger charge is -2.28. The van der Waals surface area contributed by atoms with E-state index in [9.17, 15) is 14.7 Å². The zero-order valence-corrected chi connectivity index (χ0v) is 17.4. The minimum absolute atomic E-state index is 0.0334. The maximum absolute atomic E-state index is 13.2. The highest BCUT2D eigenvalue weighted by molar-refractivity contribution is 6.32. The Kier molecular flexibility index (Phi) is 6.71. The number of benzene rings is 3.